The summed E-state index contributed by atoms with van der Waals surface area (Å²) < 4.78 is 8.37. The molecule has 0 saturated heterocycles. The third kappa shape index (κ3) is 3.46. The van der Waals surface area contributed by atoms with E-state index >= 15 is 0 Å². The Morgan fingerprint density at radius 1 is 1.00 bits per heavy atom. The van der Waals surface area contributed by atoms with Crippen molar-refractivity contribution in [2.45, 2.75) is 13.8 Å². The standard InChI is InChI=1S/C15H16IO/c1-3-17-14-10-8-13(9-11-14)16-15-7-5-4-6-12(15)2/h4-11H,3H2,1-2H3/q+1. The smallest absolute Gasteiger partial charge is 0.358 e. The first-order valence-corrected chi connectivity index (χ1v) is 7.88. The lowest BCUT2D eigenvalue weighted by molar-refractivity contribution is -0.598. The fourth-order valence-electron chi connectivity index (χ4n) is 1.54. The molecule has 17 heavy (non-hydrogen) atoms. The van der Waals surface area contributed by atoms with Crippen molar-refractivity contribution >= 4 is 0 Å². The third-order valence-corrected chi connectivity index (χ3v) is 5.55. The second kappa shape index (κ2) is 6.05. The van der Waals surface area contributed by atoms with E-state index < -0.39 is 0 Å². The van der Waals surface area contributed by atoms with Crippen molar-refractivity contribution in [3.63, 3.8) is 0 Å². The van der Waals surface area contributed by atoms with Crippen LogP contribution in [0.5, 0.6) is 5.75 Å². The van der Waals surface area contributed by atoms with Gasteiger partial charge >= 0.3 is 21.2 Å². The Balaban J connectivity index is 2.11. The van der Waals surface area contributed by atoms with E-state index in [1.165, 1.54) is 12.7 Å². The van der Waals surface area contributed by atoms with Crippen LogP contribution in [0.3, 0.4) is 0 Å². The lowest BCUT2D eigenvalue weighted by Gasteiger charge is -2.00. The van der Waals surface area contributed by atoms with Gasteiger partial charge in [0.1, 0.15) is 5.75 Å². The van der Waals surface area contributed by atoms with Gasteiger partial charge in [0.25, 0.3) is 0 Å². The van der Waals surface area contributed by atoms with Gasteiger partial charge in [-0.2, -0.15) is 0 Å². The quantitative estimate of drug-likeness (QED) is 0.739. The Bertz CT molecular complexity index is 477. The summed E-state index contributed by atoms with van der Waals surface area (Å²) in [4.78, 5) is 0. The highest BCUT2D eigenvalue weighted by molar-refractivity contribution is 5.21. The predicted octanol–water partition coefficient (Wildman–Crippen LogP) is 0.522. The number of rotatable bonds is 4. The summed E-state index contributed by atoms with van der Waals surface area (Å²) in [5.41, 5.74) is 1.40. The van der Waals surface area contributed by atoms with Gasteiger partial charge in [0.15, 0.2) is 7.14 Å². The SMILES string of the molecule is CCOc1ccc([I+]c2ccccc2C)cc1. The van der Waals surface area contributed by atoms with Gasteiger partial charge in [-0.05, 0) is 44.2 Å². The molecule has 0 aliphatic rings. The van der Waals surface area contributed by atoms with E-state index in [-0.39, 0.29) is 21.2 Å². The minimum Gasteiger partial charge on any atom is -0.494 e. The van der Waals surface area contributed by atoms with Crippen molar-refractivity contribution in [1.82, 2.24) is 0 Å². The van der Waals surface area contributed by atoms with Gasteiger partial charge < -0.3 is 4.74 Å². The van der Waals surface area contributed by atoms with E-state index in [0.717, 1.165) is 12.4 Å². The van der Waals surface area contributed by atoms with Crippen molar-refractivity contribution in [2.75, 3.05) is 6.61 Å². The van der Waals surface area contributed by atoms with Gasteiger partial charge in [0.05, 0.1) is 6.61 Å². The van der Waals surface area contributed by atoms with Crippen molar-refractivity contribution in [1.29, 1.82) is 0 Å². The van der Waals surface area contributed by atoms with Crippen molar-refractivity contribution in [2.24, 2.45) is 0 Å². The summed E-state index contributed by atoms with van der Waals surface area (Å²) >= 11 is -0.0711. The highest BCUT2D eigenvalue weighted by Crippen LogP contribution is 2.07. The summed E-state index contributed by atoms with van der Waals surface area (Å²) in [5.74, 6) is 0.963. The number of hydrogen-bond donors (Lipinski definition) is 0. The molecule has 1 nitrogen and oxygen atoms in total. The lowest BCUT2D eigenvalue weighted by atomic mass is 10.2. The van der Waals surface area contributed by atoms with Gasteiger partial charge in [-0.15, -0.1) is 0 Å². The Morgan fingerprint density at radius 3 is 2.35 bits per heavy atom. The predicted molar refractivity (Wildman–Crippen MR) is 66.2 cm³/mol. The molecule has 0 amide bonds. The number of aryl methyl sites for hydroxylation is 1. The summed E-state index contributed by atoms with van der Waals surface area (Å²) in [7, 11) is 0. The summed E-state index contributed by atoms with van der Waals surface area (Å²) in [5, 5.41) is 0. The first-order valence-electron chi connectivity index (χ1n) is 5.73. The summed E-state index contributed by atoms with van der Waals surface area (Å²) in [6.07, 6.45) is 0. The van der Waals surface area contributed by atoms with Crippen LogP contribution in [0, 0.1) is 14.1 Å². The minimum atomic E-state index is -0.0711. The normalized spacial score (nSPS) is 10.2. The van der Waals surface area contributed by atoms with Gasteiger partial charge in [-0.25, -0.2) is 0 Å². The highest BCUT2D eigenvalue weighted by Gasteiger charge is 2.17. The zero-order valence-electron chi connectivity index (χ0n) is 10.1. The molecule has 0 aliphatic carbocycles. The maximum absolute atomic E-state index is 5.45. The van der Waals surface area contributed by atoms with Crippen LogP contribution in [0.4, 0.5) is 0 Å². The summed E-state index contributed by atoms with van der Waals surface area (Å²) in [6, 6.07) is 17.1. The molecular formula is C15H16IO+. The Hall–Kier alpha value is -1.03. The van der Waals surface area contributed by atoms with Crippen LogP contribution in [0.25, 0.3) is 0 Å². The van der Waals surface area contributed by atoms with E-state index in [2.05, 4.69) is 55.5 Å². The molecular weight excluding hydrogens is 323 g/mol. The lowest BCUT2D eigenvalue weighted by Crippen LogP contribution is -3.61. The molecule has 0 spiro atoms. The molecule has 2 aromatic rings. The molecule has 2 heteroatoms. The Kier molecular flexibility index (Phi) is 4.42. The zero-order valence-corrected chi connectivity index (χ0v) is 12.3. The van der Waals surface area contributed by atoms with Crippen LogP contribution >= 0.6 is 0 Å². The van der Waals surface area contributed by atoms with Crippen molar-refractivity contribution in [3.8, 4) is 5.75 Å². The molecule has 0 aliphatic heterocycles. The van der Waals surface area contributed by atoms with Crippen molar-refractivity contribution < 1.29 is 25.9 Å². The zero-order chi connectivity index (χ0) is 12.1. The van der Waals surface area contributed by atoms with Crippen LogP contribution in [0.2, 0.25) is 0 Å². The van der Waals surface area contributed by atoms with E-state index in [4.69, 9.17) is 4.74 Å². The number of ether oxygens (including phenoxy) is 1. The average molecular weight is 339 g/mol. The molecule has 0 unspecified atom stereocenters. The van der Waals surface area contributed by atoms with E-state index in [0.29, 0.717) is 0 Å². The van der Waals surface area contributed by atoms with Gasteiger partial charge in [0.2, 0.25) is 0 Å². The van der Waals surface area contributed by atoms with Crippen LogP contribution < -0.4 is 25.9 Å². The average Bonchev–Trinajstić information content (AvgIpc) is 2.35. The largest absolute Gasteiger partial charge is 0.494 e. The first kappa shape index (κ1) is 12.4. The van der Waals surface area contributed by atoms with E-state index in [9.17, 15) is 0 Å². The molecule has 0 aromatic heterocycles. The second-order valence-electron chi connectivity index (χ2n) is 3.73. The molecule has 0 heterocycles. The van der Waals surface area contributed by atoms with Crippen LogP contribution in [0.15, 0.2) is 48.5 Å². The number of hydrogen-bond acceptors (Lipinski definition) is 1. The molecule has 88 valence electrons. The maximum Gasteiger partial charge on any atom is 0.358 e. The molecule has 2 rings (SSSR count). The van der Waals surface area contributed by atoms with Crippen molar-refractivity contribution in [3.05, 3.63) is 61.2 Å². The van der Waals surface area contributed by atoms with Gasteiger partial charge in [-0.1, -0.05) is 18.2 Å². The Labute approximate surface area is 113 Å². The first-order chi connectivity index (χ1) is 8.29. The minimum absolute atomic E-state index is 0.0711. The fraction of sp³-hybridized carbons (Fsp3) is 0.200. The van der Waals surface area contributed by atoms with E-state index in [1.807, 2.05) is 6.92 Å². The van der Waals surface area contributed by atoms with Gasteiger partial charge in [0, 0.05) is 5.56 Å². The number of benzene rings is 2. The molecule has 0 radical (unpaired) electrons. The summed E-state index contributed by atoms with van der Waals surface area (Å²) in [6.45, 7) is 4.92. The topological polar surface area (TPSA) is 9.23 Å². The van der Waals surface area contributed by atoms with Crippen LogP contribution in [0.1, 0.15) is 12.5 Å². The molecule has 0 saturated carbocycles. The molecule has 0 N–H and O–H groups in total. The molecule has 0 atom stereocenters. The third-order valence-electron chi connectivity index (χ3n) is 2.41. The van der Waals surface area contributed by atoms with E-state index in [1.54, 1.807) is 0 Å². The monoisotopic (exact) mass is 339 g/mol. The second-order valence-corrected chi connectivity index (χ2v) is 6.68. The fourth-order valence-corrected chi connectivity index (χ4v) is 3.92. The molecule has 0 fully saturated rings. The van der Waals surface area contributed by atoms with Crippen LogP contribution in [-0.2, 0) is 0 Å². The molecule has 2 aromatic carbocycles. The molecule has 0 bridgehead atoms. The number of halogens is 1. The van der Waals surface area contributed by atoms with Crippen LogP contribution in [-0.4, -0.2) is 6.61 Å². The maximum atomic E-state index is 5.45. The highest BCUT2D eigenvalue weighted by atomic mass is 127. The Morgan fingerprint density at radius 2 is 1.71 bits per heavy atom. The van der Waals surface area contributed by atoms with Gasteiger partial charge in [-0.3, -0.25) is 0 Å².